The number of aryl methyl sites for hydroxylation is 1. The summed E-state index contributed by atoms with van der Waals surface area (Å²) >= 11 is 1.66. The molecular weight excluding hydrogens is 362 g/mol. The van der Waals surface area contributed by atoms with Crippen LogP contribution in [0.4, 0.5) is 0 Å². The quantitative estimate of drug-likeness (QED) is 0.612. The number of carbonyl (C=O) groups is 1. The Labute approximate surface area is 162 Å². The van der Waals surface area contributed by atoms with Crippen molar-refractivity contribution in [2.75, 3.05) is 19.6 Å². The molecule has 2 heterocycles. The minimum absolute atomic E-state index is 0.0698. The topological polar surface area (TPSA) is 67.5 Å². The second-order valence-corrected chi connectivity index (χ2v) is 7.12. The van der Waals surface area contributed by atoms with Gasteiger partial charge in [-0.05, 0) is 47.6 Å². The fraction of sp³-hybridized carbons (Fsp3) is 0.400. The number of nitrogens with one attached hydrogen (secondary N) is 1. The van der Waals surface area contributed by atoms with E-state index < -0.39 is 5.76 Å². The van der Waals surface area contributed by atoms with E-state index in [0.717, 1.165) is 18.6 Å². The van der Waals surface area contributed by atoms with Gasteiger partial charge in [-0.1, -0.05) is 26.0 Å². The third-order valence-electron chi connectivity index (χ3n) is 4.81. The molecule has 1 atom stereocenters. The van der Waals surface area contributed by atoms with Crippen LogP contribution >= 0.6 is 11.3 Å². The molecule has 27 heavy (non-hydrogen) atoms. The summed E-state index contributed by atoms with van der Waals surface area (Å²) in [5.41, 5.74) is 2.48. The van der Waals surface area contributed by atoms with Crippen LogP contribution in [0.3, 0.4) is 0 Å². The average molecular weight is 388 g/mol. The van der Waals surface area contributed by atoms with Gasteiger partial charge in [-0.25, -0.2) is 4.79 Å². The molecule has 0 aliphatic rings. The van der Waals surface area contributed by atoms with Gasteiger partial charge in [-0.3, -0.25) is 14.3 Å². The van der Waals surface area contributed by atoms with Crippen molar-refractivity contribution in [1.82, 2.24) is 14.8 Å². The van der Waals surface area contributed by atoms with Crippen molar-refractivity contribution in [3.8, 4) is 0 Å². The number of hydrogen-bond acceptors (Lipinski definition) is 5. The van der Waals surface area contributed by atoms with Crippen molar-refractivity contribution in [2.45, 2.75) is 32.9 Å². The van der Waals surface area contributed by atoms with E-state index in [-0.39, 0.29) is 18.4 Å². The smallest absolute Gasteiger partial charge is 0.408 e. The Morgan fingerprint density at radius 3 is 2.74 bits per heavy atom. The lowest BCUT2D eigenvalue weighted by atomic mass is 10.1. The van der Waals surface area contributed by atoms with E-state index in [1.165, 1.54) is 10.1 Å². The summed E-state index contributed by atoms with van der Waals surface area (Å²) in [6, 6.07) is 9.52. The number of nitrogens with zero attached hydrogens (tertiary/aromatic N) is 2. The lowest BCUT2D eigenvalue weighted by Crippen LogP contribution is -2.38. The highest BCUT2D eigenvalue weighted by atomic mass is 32.1. The first-order valence-corrected chi connectivity index (χ1v) is 10.2. The lowest BCUT2D eigenvalue weighted by Gasteiger charge is -2.29. The largest absolute Gasteiger partial charge is 0.419 e. The predicted octanol–water partition coefficient (Wildman–Crippen LogP) is 3.25. The van der Waals surface area contributed by atoms with Crippen LogP contribution in [0.15, 0.2) is 50.3 Å². The van der Waals surface area contributed by atoms with Gasteiger partial charge < -0.3 is 9.73 Å². The number of rotatable bonds is 9. The maximum Gasteiger partial charge on any atom is 0.419 e. The van der Waals surface area contributed by atoms with Crippen LogP contribution in [-0.2, 0) is 11.3 Å². The Balaban J connectivity index is 1.61. The van der Waals surface area contributed by atoms with Crippen molar-refractivity contribution in [3.05, 3.63) is 57.2 Å². The number of fused-ring (bicyclic) bond motifs is 1. The van der Waals surface area contributed by atoms with E-state index in [1.54, 1.807) is 17.4 Å². The monoisotopic (exact) mass is 387 g/mol. The Morgan fingerprint density at radius 1 is 1.26 bits per heavy atom. The highest BCUT2D eigenvalue weighted by Gasteiger charge is 2.19. The number of thiophene rings is 1. The lowest BCUT2D eigenvalue weighted by molar-refractivity contribution is -0.121. The highest BCUT2D eigenvalue weighted by molar-refractivity contribution is 7.07. The third-order valence-corrected chi connectivity index (χ3v) is 5.51. The molecule has 0 radical (unpaired) electrons. The van der Waals surface area contributed by atoms with E-state index in [9.17, 15) is 9.59 Å². The molecule has 0 spiro atoms. The third kappa shape index (κ3) is 4.48. The van der Waals surface area contributed by atoms with E-state index >= 15 is 0 Å². The maximum atomic E-state index is 12.4. The minimum Gasteiger partial charge on any atom is -0.408 e. The Morgan fingerprint density at radius 2 is 2.04 bits per heavy atom. The fourth-order valence-corrected chi connectivity index (χ4v) is 4.03. The molecule has 1 aromatic carbocycles. The van der Waals surface area contributed by atoms with E-state index in [1.807, 2.05) is 18.2 Å². The average Bonchev–Trinajstić information content (AvgIpc) is 3.31. The summed E-state index contributed by atoms with van der Waals surface area (Å²) in [6.45, 7) is 6.95. The van der Waals surface area contributed by atoms with Crippen molar-refractivity contribution in [2.24, 2.45) is 0 Å². The van der Waals surface area contributed by atoms with Crippen LogP contribution in [0.1, 0.15) is 31.9 Å². The molecule has 2 aromatic heterocycles. The molecule has 0 bridgehead atoms. The molecule has 0 saturated heterocycles. The summed E-state index contributed by atoms with van der Waals surface area (Å²) < 4.78 is 6.72. The van der Waals surface area contributed by atoms with Crippen molar-refractivity contribution in [1.29, 1.82) is 0 Å². The molecule has 144 valence electrons. The second-order valence-electron chi connectivity index (χ2n) is 6.34. The first kappa shape index (κ1) is 19.4. The van der Waals surface area contributed by atoms with Crippen LogP contribution in [0.25, 0.3) is 11.1 Å². The van der Waals surface area contributed by atoms with Gasteiger partial charge in [0.25, 0.3) is 0 Å². The number of hydrogen-bond donors (Lipinski definition) is 1. The maximum absolute atomic E-state index is 12.4. The van der Waals surface area contributed by atoms with Crippen LogP contribution < -0.4 is 11.1 Å². The van der Waals surface area contributed by atoms with Crippen LogP contribution in [0.2, 0.25) is 0 Å². The minimum atomic E-state index is -0.428. The highest BCUT2D eigenvalue weighted by Crippen LogP contribution is 2.22. The Kier molecular flexibility index (Phi) is 6.47. The van der Waals surface area contributed by atoms with Crippen molar-refractivity contribution < 1.29 is 9.21 Å². The van der Waals surface area contributed by atoms with Crippen molar-refractivity contribution >= 4 is 28.3 Å². The molecule has 1 unspecified atom stereocenters. The van der Waals surface area contributed by atoms with Gasteiger partial charge in [0.1, 0.15) is 0 Å². The zero-order valence-corrected chi connectivity index (χ0v) is 16.5. The fourth-order valence-electron chi connectivity index (χ4n) is 3.32. The SMILES string of the molecule is CCN(CC)C(CNC(=O)CCn1c(=O)oc2ccccc21)c1ccsc1. The zero-order valence-electron chi connectivity index (χ0n) is 15.7. The molecule has 0 aliphatic heterocycles. The standard InChI is InChI=1S/C20H25N3O3S/c1-3-22(4-2)17(15-10-12-27-14-15)13-21-19(24)9-11-23-16-7-5-6-8-18(16)26-20(23)25/h5-8,10,12,14,17H,3-4,9,11,13H2,1-2H3,(H,21,24). The van der Waals surface area contributed by atoms with Gasteiger partial charge in [-0.15, -0.1) is 0 Å². The molecule has 7 heteroatoms. The van der Waals surface area contributed by atoms with Gasteiger partial charge in [0, 0.05) is 19.5 Å². The zero-order chi connectivity index (χ0) is 19.2. The van der Waals surface area contributed by atoms with Gasteiger partial charge in [0.15, 0.2) is 5.58 Å². The van der Waals surface area contributed by atoms with Crippen LogP contribution in [0.5, 0.6) is 0 Å². The number of carbonyl (C=O) groups excluding carboxylic acids is 1. The van der Waals surface area contributed by atoms with Crippen molar-refractivity contribution in [3.63, 3.8) is 0 Å². The molecular formula is C20H25N3O3S. The molecule has 3 aromatic rings. The molecule has 1 N–H and O–H groups in total. The summed E-state index contributed by atoms with van der Waals surface area (Å²) in [5, 5.41) is 7.22. The summed E-state index contributed by atoms with van der Waals surface area (Å²) in [6.07, 6.45) is 0.234. The molecule has 1 amide bonds. The van der Waals surface area contributed by atoms with E-state index in [2.05, 4.69) is 40.9 Å². The number of amides is 1. The molecule has 3 rings (SSSR count). The summed E-state index contributed by atoms with van der Waals surface area (Å²) in [5.74, 6) is -0.497. The van der Waals surface area contributed by atoms with E-state index in [4.69, 9.17) is 4.42 Å². The number of para-hydroxylation sites is 2. The number of aromatic nitrogens is 1. The molecule has 0 fully saturated rings. The summed E-state index contributed by atoms with van der Waals surface area (Å²) in [4.78, 5) is 26.7. The van der Waals surface area contributed by atoms with Crippen LogP contribution in [0, 0.1) is 0 Å². The van der Waals surface area contributed by atoms with E-state index in [0.29, 0.717) is 18.7 Å². The predicted molar refractivity (Wildman–Crippen MR) is 108 cm³/mol. The Bertz CT molecular complexity index is 926. The molecule has 0 saturated carbocycles. The number of likely N-dealkylation sites (N-methyl/N-ethyl adjacent to an activating group) is 1. The summed E-state index contributed by atoms with van der Waals surface area (Å²) in [7, 11) is 0. The number of benzene rings is 1. The molecule has 0 aliphatic carbocycles. The second kappa shape index (κ2) is 9.01. The van der Waals surface area contributed by atoms with Gasteiger partial charge >= 0.3 is 5.76 Å². The molecule has 6 nitrogen and oxygen atoms in total. The van der Waals surface area contributed by atoms with Gasteiger partial charge in [0.2, 0.25) is 5.91 Å². The first-order valence-electron chi connectivity index (χ1n) is 9.25. The van der Waals surface area contributed by atoms with Crippen LogP contribution in [-0.4, -0.2) is 35.0 Å². The van der Waals surface area contributed by atoms with Gasteiger partial charge in [-0.2, -0.15) is 11.3 Å². The Hall–Kier alpha value is -2.38. The normalized spacial score (nSPS) is 12.6. The van der Waals surface area contributed by atoms with Gasteiger partial charge in [0.05, 0.1) is 11.6 Å². The number of oxazole rings is 1. The first-order chi connectivity index (χ1) is 13.1.